The number of likely N-dealkylation sites (tertiary alicyclic amines) is 1. The lowest BCUT2D eigenvalue weighted by atomic mass is 9.79. The Balaban J connectivity index is 1.26. The molecule has 1 N–H and O–H groups in total. The van der Waals surface area contributed by atoms with E-state index in [0.717, 1.165) is 17.7 Å². The fourth-order valence-corrected chi connectivity index (χ4v) is 6.64. The molecule has 4 atom stereocenters. The van der Waals surface area contributed by atoms with Crippen LogP contribution in [0.25, 0.3) is 10.9 Å². The number of ether oxygens (including phenoxy) is 1. The molecule has 10 heteroatoms. The van der Waals surface area contributed by atoms with Gasteiger partial charge in [-0.05, 0) is 61.6 Å². The Morgan fingerprint density at radius 1 is 1.18 bits per heavy atom. The van der Waals surface area contributed by atoms with Gasteiger partial charge in [0.1, 0.15) is 17.0 Å². The van der Waals surface area contributed by atoms with Crippen molar-refractivity contribution in [1.29, 1.82) is 0 Å². The number of pyridine rings is 1. The SMILES string of the molecule is CCC(c1ccc(C(F)(F)F)cc1)N1CCC2(c3ccc4ncc(C5CCC(=O)NC5=O)cc4c3F)OC2(C)C1. The molecule has 4 unspecified atom stereocenters. The number of alkyl halides is 3. The van der Waals surface area contributed by atoms with Crippen LogP contribution in [0.3, 0.4) is 0 Å². The Hall–Kier alpha value is -3.37. The van der Waals surface area contributed by atoms with Crippen molar-refractivity contribution in [2.45, 2.75) is 68.9 Å². The third kappa shape index (κ3) is 4.28. The van der Waals surface area contributed by atoms with Crippen molar-refractivity contribution < 1.29 is 31.9 Å². The van der Waals surface area contributed by atoms with Crippen LogP contribution in [0.15, 0.2) is 48.7 Å². The van der Waals surface area contributed by atoms with Crippen LogP contribution in [0.4, 0.5) is 17.6 Å². The molecule has 6 rings (SSSR count). The molecule has 3 aliphatic rings. The Kier molecular flexibility index (Phi) is 6.27. The van der Waals surface area contributed by atoms with Gasteiger partial charge in [-0.25, -0.2) is 4.39 Å². The van der Waals surface area contributed by atoms with Gasteiger partial charge in [0.05, 0.1) is 17.0 Å². The van der Waals surface area contributed by atoms with Crippen LogP contribution in [0.2, 0.25) is 0 Å². The number of carbonyl (C=O) groups is 2. The minimum absolute atomic E-state index is 0.0944. The van der Waals surface area contributed by atoms with Crippen LogP contribution < -0.4 is 5.32 Å². The summed E-state index contributed by atoms with van der Waals surface area (Å²) < 4.78 is 61.6. The molecule has 4 heterocycles. The van der Waals surface area contributed by atoms with E-state index in [-0.39, 0.29) is 18.4 Å². The zero-order valence-electron chi connectivity index (χ0n) is 22.1. The number of piperidine rings is 2. The molecule has 2 amide bonds. The van der Waals surface area contributed by atoms with E-state index >= 15 is 4.39 Å². The number of fused-ring (bicyclic) bond motifs is 2. The Bertz CT molecular complexity index is 1510. The van der Waals surface area contributed by atoms with Crippen LogP contribution in [0.5, 0.6) is 0 Å². The van der Waals surface area contributed by atoms with Crippen molar-refractivity contribution in [1.82, 2.24) is 15.2 Å². The molecule has 0 spiro atoms. The third-order valence-electron chi connectivity index (χ3n) is 8.82. The number of hydrogen-bond acceptors (Lipinski definition) is 5. The number of aromatic nitrogens is 1. The van der Waals surface area contributed by atoms with Gasteiger partial charge in [0, 0.05) is 42.7 Å². The third-order valence-corrected chi connectivity index (χ3v) is 8.82. The number of hydrogen-bond donors (Lipinski definition) is 1. The lowest BCUT2D eigenvalue weighted by Crippen LogP contribution is -2.45. The molecule has 2 aromatic carbocycles. The molecule has 1 aromatic heterocycles. The number of imide groups is 1. The second-order valence-electron chi connectivity index (χ2n) is 11.2. The van der Waals surface area contributed by atoms with Crippen molar-refractivity contribution in [3.05, 3.63) is 76.7 Å². The highest BCUT2D eigenvalue weighted by Crippen LogP contribution is 2.62. The topological polar surface area (TPSA) is 74.8 Å². The normalized spacial score (nSPS) is 27.8. The summed E-state index contributed by atoms with van der Waals surface area (Å²) in [6.45, 7) is 5.02. The number of carbonyl (C=O) groups excluding carboxylic acids is 2. The van der Waals surface area contributed by atoms with Gasteiger partial charge in [0.15, 0.2) is 0 Å². The van der Waals surface area contributed by atoms with Crippen LogP contribution in [-0.2, 0) is 26.1 Å². The highest BCUT2D eigenvalue weighted by molar-refractivity contribution is 6.01. The first-order valence-electron chi connectivity index (χ1n) is 13.5. The number of halogens is 4. The largest absolute Gasteiger partial charge is 0.416 e. The van der Waals surface area contributed by atoms with Gasteiger partial charge in [-0.15, -0.1) is 0 Å². The predicted molar refractivity (Wildman–Crippen MR) is 139 cm³/mol. The summed E-state index contributed by atoms with van der Waals surface area (Å²) in [7, 11) is 0. The van der Waals surface area contributed by atoms with E-state index in [2.05, 4.69) is 15.2 Å². The number of nitrogens with zero attached hydrogens (tertiary/aromatic N) is 2. The maximum Gasteiger partial charge on any atom is 0.416 e. The van der Waals surface area contributed by atoms with E-state index in [9.17, 15) is 22.8 Å². The molecule has 0 radical (unpaired) electrons. The number of rotatable bonds is 5. The van der Waals surface area contributed by atoms with E-state index in [1.54, 1.807) is 24.4 Å². The summed E-state index contributed by atoms with van der Waals surface area (Å²) >= 11 is 0. The smallest absolute Gasteiger partial charge is 0.356 e. The summed E-state index contributed by atoms with van der Waals surface area (Å²) in [6.07, 6.45) is -1.05. The molecular formula is C30H29F4N3O3. The molecule has 0 bridgehead atoms. The van der Waals surface area contributed by atoms with Gasteiger partial charge in [-0.2, -0.15) is 13.2 Å². The molecule has 3 aliphatic heterocycles. The van der Waals surface area contributed by atoms with Gasteiger partial charge in [-0.1, -0.05) is 25.1 Å². The first-order chi connectivity index (χ1) is 19.0. The van der Waals surface area contributed by atoms with Gasteiger partial charge in [-0.3, -0.25) is 24.8 Å². The molecule has 6 nitrogen and oxygen atoms in total. The maximum absolute atomic E-state index is 16.1. The Morgan fingerprint density at radius 2 is 1.93 bits per heavy atom. The first kappa shape index (κ1) is 26.8. The van der Waals surface area contributed by atoms with Crippen LogP contribution >= 0.6 is 0 Å². The van der Waals surface area contributed by atoms with E-state index < -0.39 is 40.6 Å². The summed E-state index contributed by atoms with van der Waals surface area (Å²) in [5, 5.41) is 2.63. The van der Waals surface area contributed by atoms with Crippen LogP contribution in [0.1, 0.15) is 73.7 Å². The van der Waals surface area contributed by atoms with Gasteiger partial charge < -0.3 is 4.74 Å². The fourth-order valence-electron chi connectivity index (χ4n) is 6.64. The molecule has 40 heavy (non-hydrogen) atoms. The second-order valence-corrected chi connectivity index (χ2v) is 11.2. The van der Waals surface area contributed by atoms with Crippen molar-refractivity contribution >= 4 is 22.7 Å². The van der Waals surface area contributed by atoms with Gasteiger partial charge in [0.2, 0.25) is 11.8 Å². The van der Waals surface area contributed by atoms with E-state index in [1.807, 2.05) is 13.8 Å². The van der Waals surface area contributed by atoms with Crippen molar-refractivity contribution in [2.75, 3.05) is 13.1 Å². The number of epoxide rings is 1. The van der Waals surface area contributed by atoms with Gasteiger partial charge in [0.25, 0.3) is 0 Å². The average Bonchev–Trinajstić information content (AvgIpc) is 3.55. The summed E-state index contributed by atoms with van der Waals surface area (Å²) in [5.74, 6) is -1.73. The lowest BCUT2D eigenvalue weighted by molar-refractivity contribution is -0.138. The summed E-state index contributed by atoms with van der Waals surface area (Å²) in [6, 6.07) is 10.3. The fraction of sp³-hybridized carbons (Fsp3) is 0.433. The molecule has 0 aliphatic carbocycles. The summed E-state index contributed by atoms with van der Waals surface area (Å²) in [5.41, 5.74) is 0.0782. The average molecular weight is 556 g/mol. The second kappa shape index (κ2) is 9.34. The molecule has 3 aromatic rings. The van der Waals surface area contributed by atoms with Crippen LogP contribution in [0, 0.1) is 5.82 Å². The molecular weight excluding hydrogens is 526 g/mol. The van der Waals surface area contributed by atoms with Crippen molar-refractivity contribution in [3.63, 3.8) is 0 Å². The van der Waals surface area contributed by atoms with E-state index in [1.165, 1.54) is 12.1 Å². The predicted octanol–water partition coefficient (Wildman–Crippen LogP) is 5.75. The zero-order valence-corrected chi connectivity index (χ0v) is 22.1. The van der Waals surface area contributed by atoms with Crippen molar-refractivity contribution in [2.24, 2.45) is 0 Å². The quantitative estimate of drug-likeness (QED) is 0.246. The Morgan fingerprint density at radius 3 is 2.58 bits per heavy atom. The molecule has 0 saturated carbocycles. The monoisotopic (exact) mass is 555 g/mol. The minimum Gasteiger partial charge on any atom is -0.356 e. The standard InChI is InChI=1S/C30H29F4N3O3/c1-3-24(17-4-6-19(7-5-17)30(32,33)34)37-13-12-29(28(2,16-37)40-29)22-9-10-23-21(26(22)31)14-18(15-35-23)20-8-11-25(38)36-27(20)39/h4-7,9-10,14-15,20,24H,3,8,11-13,16H2,1-2H3,(H,36,38,39). The Labute approximate surface area is 228 Å². The number of nitrogens with one attached hydrogen (secondary N) is 1. The number of amides is 2. The highest BCUT2D eigenvalue weighted by Gasteiger charge is 2.70. The minimum atomic E-state index is -4.39. The van der Waals surface area contributed by atoms with Crippen LogP contribution in [-0.4, -0.2) is 40.4 Å². The highest BCUT2D eigenvalue weighted by atomic mass is 19.4. The van der Waals surface area contributed by atoms with E-state index in [0.29, 0.717) is 54.4 Å². The molecule has 3 saturated heterocycles. The maximum atomic E-state index is 16.1. The lowest BCUT2D eigenvalue weighted by Gasteiger charge is -2.38. The first-order valence-corrected chi connectivity index (χ1v) is 13.5. The number of benzene rings is 2. The van der Waals surface area contributed by atoms with Crippen molar-refractivity contribution in [3.8, 4) is 0 Å². The van der Waals surface area contributed by atoms with E-state index in [4.69, 9.17) is 4.74 Å². The zero-order chi connectivity index (χ0) is 28.4. The molecule has 3 fully saturated rings. The molecule has 210 valence electrons. The van der Waals surface area contributed by atoms with Gasteiger partial charge >= 0.3 is 6.18 Å². The summed E-state index contributed by atoms with van der Waals surface area (Å²) in [4.78, 5) is 30.5.